The Labute approximate surface area is 162 Å². The number of guanidine groups is 1. The van der Waals surface area contributed by atoms with Crippen molar-refractivity contribution in [2.45, 2.75) is 26.3 Å². The highest BCUT2D eigenvalue weighted by Crippen LogP contribution is 2.10. The van der Waals surface area contributed by atoms with Crippen LogP contribution in [0.4, 0.5) is 4.39 Å². The molecule has 0 radical (unpaired) electrons. The summed E-state index contributed by atoms with van der Waals surface area (Å²) in [5.74, 6) is 1.23. The van der Waals surface area contributed by atoms with Gasteiger partial charge in [0.1, 0.15) is 5.82 Å². The highest BCUT2D eigenvalue weighted by Gasteiger charge is 2.15. The molecule has 136 valence electrons. The molecular weight excluding hydrogens is 418 g/mol. The van der Waals surface area contributed by atoms with Crippen molar-refractivity contribution in [3.8, 4) is 0 Å². The van der Waals surface area contributed by atoms with Crippen LogP contribution in [0.1, 0.15) is 25.3 Å². The normalized spacial score (nSPS) is 16.6. The monoisotopic (exact) mass is 448 g/mol. The summed E-state index contributed by atoms with van der Waals surface area (Å²) in [4.78, 5) is 8.89. The van der Waals surface area contributed by atoms with Crippen LogP contribution in [0.3, 0.4) is 0 Å². The quantitative estimate of drug-likeness (QED) is 0.412. The third-order valence-corrected chi connectivity index (χ3v) is 4.26. The Kier molecular flexibility index (Phi) is 9.58. The van der Waals surface area contributed by atoms with E-state index in [1.807, 2.05) is 18.0 Å². The van der Waals surface area contributed by atoms with Crippen LogP contribution >= 0.6 is 24.0 Å². The summed E-state index contributed by atoms with van der Waals surface area (Å²) in [7, 11) is 3.76. The van der Waals surface area contributed by atoms with Crippen molar-refractivity contribution < 1.29 is 4.39 Å². The van der Waals surface area contributed by atoms with Gasteiger partial charge in [0.05, 0.1) is 0 Å². The molecule has 0 aromatic heterocycles. The Morgan fingerprint density at radius 3 is 2.71 bits per heavy atom. The van der Waals surface area contributed by atoms with Crippen LogP contribution < -0.4 is 5.32 Å². The fourth-order valence-electron chi connectivity index (χ4n) is 3.10. The molecule has 1 fully saturated rings. The lowest BCUT2D eigenvalue weighted by Gasteiger charge is -2.25. The molecular formula is C18H30FIN4. The number of hydrogen-bond acceptors (Lipinski definition) is 2. The van der Waals surface area contributed by atoms with Gasteiger partial charge in [0.25, 0.3) is 0 Å². The number of nitrogens with zero attached hydrogens (tertiary/aromatic N) is 3. The first-order chi connectivity index (χ1) is 11.1. The molecule has 1 aromatic rings. The minimum Gasteiger partial charge on any atom is -0.356 e. The van der Waals surface area contributed by atoms with Crippen molar-refractivity contribution in [2.24, 2.45) is 10.9 Å². The average molecular weight is 448 g/mol. The molecule has 6 heteroatoms. The van der Waals surface area contributed by atoms with Gasteiger partial charge in [-0.25, -0.2) is 4.39 Å². The van der Waals surface area contributed by atoms with Crippen molar-refractivity contribution in [2.75, 3.05) is 40.3 Å². The molecule has 1 aliphatic rings. The average Bonchev–Trinajstić information content (AvgIpc) is 3.00. The second-order valence-corrected chi connectivity index (χ2v) is 6.53. The number of aliphatic imine (C=N–C) groups is 1. The maximum Gasteiger partial charge on any atom is 0.193 e. The highest BCUT2D eigenvalue weighted by atomic mass is 127. The first-order valence-electron chi connectivity index (χ1n) is 8.47. The second-order valence-electron chi connectivity index (χ2n) is 6.53. The molecule has 1 saturated heterocycles. The predicted octanol–water partition coefficient (Wildman–Crippen LogP) is 3.18. The maximum atomic E-state index is 13.3. The van der Waals surface area contributed by atoms with Crippen LogP contribution in [0.25, 0.3) is 0 Å². The molecule has 1 atom stereocenters. The van der Waals surface area contributed by atoms with Crippen molar-refractivity contribution in [1.82, 2.24) is 15.1 Å². The van der Waals surface area contributed by atoms with Gasteiger partial charge in [0, 0.05) is 33.7 Å². The van der Waals surface area contributed by atoms with E-state index in [4.69, 9.17) is 0 Å². The summed E-state index contributed by atoms with van der Waals surface area (Å²) in [5, 5.41) is 3.43. The van der Waals surface area contributed by atoms with E-state index in [0.717, 1.165) is 24.6 Å². The summed E-state index contributed by atoms with van der Waals surface area (Å²) in [6.45, 7) is 7.41. The zero-order valence-electron chi connectivity index (χ0n) is 15.0. The van der Waals surface area contributed by atoms with E-state index in [1.165, 1.54) is 32.0 Å². The highest BCUT2D eigenvalue weighted by molar-refractivity contribution is 14.0. The summed E-state index contributed by atoms with van der Waals surface area (Å²) in [6.07, 6.45) is 2.66. The SMILES string of the molecule is CN=C(NCC(C)CN1CCCC1)N(C)Cc1cccc(F)c1.I. The number of halogens is 2. The molecule has 1 unspecified atom stereocenters. The summed E-state index contributed by atoms with van der Waals surface area (Å²) in [5.41, 5.74) is 0.945. The molecule has 1 aliphatic heterocycles. The van der Waals surface area contributed by atoms with Crippen LogP contribution in [-0.2, 0) is 6.54 Å². The number of benzene rings is 1. The number of hydrogen-bond donors (Lipinski definition) is 1. The zero-order valence-corrected chi connectivity index (χ0v) is 17.3. The Hall–Kier alpha value is -0.890. The fraction of sp³-hybridized carbons (Fsp3) is 0.611. The summed E-state index contributed by atoms with van der Waals surface area (Å²) < 4.78 is 13.3. The lowest BCUT2D eigenvalue weighted by Crippen LogP contribution is -2.42. The Morgan fingerprint density at radius 1 is 1.38 bits per heavy atom. The largest absolute Gasteiger partial charge is 0.356 e. The molecule has 1 aromatic carbocycles. The van der Waals surface area contributed by atoms with Gasteiger partial charge in [-0.1, -0.05) is 19.1 Å². The van der Waals surface area contributed by atoms with Crippen LogP contribution in [0.5, 0.6) is 0 Å². The van der Waals surface area contributed by atoms with Crippen molar-refractivity contribution >= 4 is 29.9 Å². The van der Waals surface area contributed by atoms with Gasteiger partial charge in [0.2, 0.25) is 0 Å². The topological polar surface area (TPSA) is 30.9 Å². The molecule has 2 rings (SSSR count). The van der Waals surface area contributed by atoms with Gasteiger partial charge in [-0.2, -0.15) is 0 Å². The van der Waals surface area contributed by atoms with Gasteiger partial charge >= 0.3 is 0 Å². The van der Waals surface area contributed by atoms with E-state index in [-0.39, 0.29) is 29.8 Å². The zero-order chi connectivity index (χ0) is 16.7. The van der Waals surface area contributed by atoms with Gasteiger partial charge in [-0.3, -0.25) is 4.99 Å². The predicted molar refractivity (Wildman–Crippen MR) is 109 cm³/mol. The Morgan fingerprint density at radius 2 is 2.08 bits per heavy atom. The lowest BCUT2D eigenvalue weighted by atomic mass is 10.1. The van der Waals surface area contributed by atoms with Gasteiger partial charge < -0.3 is 15.1 Å². The van der Waals surface area contributed by atoms with E-state index in [1.54, 1.807) is 19.2 Å². The molecule has 4 nitrogen and oxygen atoms in total. The molecule has 0 aliphatic carbocycles. The van der Waals surface area contributed by atoms with Crippen LogP contribution in [0.2, 0.25) is 0 Å². The molecule has 1 N–H and O–H groups in total. The van der Waals surface area contributed by atoms with Gasteiger partial charge in [-0.05, 0) is 49.5 Å². The van der Waals surface area contributed by atoms with Crippen LogP contribution in [0, 0.1) is 11.7 Å². The molecule has 0 spiro atoms. The minimum absolute atomic E-state index is 0. The smallest absolute Gasteiger partial charge is 0.193 e. The third kappa shape index (κ3) is 6.93. The Balaban J connectivity index is 0.00000288. The first kappa shape index (κ1) is 21.2. The number of likely N-dealkylation sites (tertiary alicyclic amines) is 1. The van der Waals surface area contributed by atoms with Crippen LogP contribution in [-0.4, -0.2) is 56.0 Å². The van der Waals surface area contributed by atoms with E-state index >= 15 is 0 Å². The van der Waals surface area contributed by atoms with Crippen LogP contribution in [0.15, 0.2) is 29.3 Å². The molecule has 0 bridgehead atoms. The first-order valence-corrected chi connectivity index (χ1v) is 8.47. The lowest BCUT2D eigenvalue weighted by molar-refractivity contribution is 0.286. The number of nitrogens with one attached hydrogen (secondary N) is 1. The molecule has 0 amide bonds. The van der Waals surface area contributed by atoms with Gasteiger partial charge in [-0.15, -0.1) is 24.0 Å². The second kappa shape index (κ2) is 10.9. The van der Waals surface area contributed by atoms with E-state index in [0.29, 0.717) is 12.5 Å². The minimum atomic E-state index is -0.196. The summed E-state index contributed by atoms with van der Waals surface area (Å²) in [6, 6.07) is 6.71. The fourth-order valence-corrected chi connectivity index (χ4v) is 3.10. The third-order valence-electron chi connectivity index (χ3n) is 4.26. The molecule has 1 heterocycles. The number of rotatable bonds is 6. The van der Waals surface area contributed by atoms with Crippen molar-refractivity contribution in [1.29, 1.82) is 0 Å². The van der Waals surface area contributed by atoms with E-state index < -0.39 is 0 Å². The maximum absolute atomic E-state index is 13.3. The molecule has 24 heavy (non-hydrogen) atoms. The Bertz CT molecular complexity index is 517. The van der Waals surface area contributed by atoms with Crippen molar-refractivity contribution in [3.05, 3.63) is 35.6 Å². The molecule has 0 saturated carbocycles. The van der Waals surface area contributed by atoms with E-state index in [2.05, 4.69) is 22.1 Å². The summed E-state index contributed by atoms with van der Waals surface area (Å²) >= 11 is 0. The van der Waals surface area contributed by atoms with Crippen molar-refractivity contribution in [3.63, 3.8) is 0 Å². The van der Waals surface area contributed by atoms with E-state index in [9.17, 15) is 4.39 Å². The van der Waals surface area contributed by atoms with Gasteiger partial charge in [0.15, 0.2) is 5.96 Å². The standard InChI is InChI=1S/C18H29FN4.HI/c1-15(13-23-9-4-5-10-23)12-21-18(20-2)22(3)14-16-7-6-8-17(19)11-16;/h6-8,11,15H,4-5,9-10,12-14H2,1-3H3,(H,20,21);1H.